The fraction of sp³-hybridized carbons (Fsp3) is 0.474. The second-order valence-corrected chi connectivity index (χ2v) is 7.24. The third-order valence-electron chi connectivity index (χ3n) is 3.71. The molecule has 0 spiro atoms. The van der Waals surface area contributed by atoms with Gasteiger partial charge in [-0.1, -0.05) is 44.2 Å². The molecule has 1 atom stereocenters. The SMILES string of the molecule is Cc1ccsc1CN[C@H](COCc1ccccc1)CC(C)C. The second kappa shape index (κ2) is 9.09. The lowest BCUT2D eigenvalue weighted by Gasteiger charge is -2.21. The summed E-state index contributed by atoms with van der Waals surface area (Å²) in [5.41, 5.74) is 2.62. The summed E-state index contributed by atoms with van der Waals surface area (Å²) in [5.74, 6) is 0.669. The van der Waals surface area contributed by atoms with Crippen molar-refractivity contribution >= 4 is 11.3 Å². The van der Waals surface area contributed by atoms with E-state index in [1.165, 1.54) is 16.0 Å². The van der Waals surface area contributed by atoms with Crippen molar-refractivity contribution in [2.75, 3.05) is 6.61 Å². The minimum atomic E-state index is 0.408. The topological polar surface area (TPSA) is 21.3 Å². The van der Waals surface area contributed by atoms with Crippen molar-refractivity contribution in [1.29, 1.82) is 0 Å². The molecule has 2 nitrogen and oxygen atoms in total. The van der Waals surface area contributed by atoms with Crippen LogP contribution >= 0.6 is 11.3 Å². The summed E-state index contributed by atoms with van der Waals surface area (Å²) >= 11 is 1.83. The molecule has 2 aromatic rings. The molecule has 0 aliphatic carbocycles. The van der Waals surface area contributed by atoms with E-state index >= 15 is 0 Å². The average Bonchev–Trinajstić information content (AvgIpc) is 2.90. The summed E-state index contributed by atoms with van der Waals surface area (Å²) in [6.45, 7) is 9.10. The Hall–Kier alpha value is -1.16. The first kappa shape index (κ1) is 17.2. The zero-order valence-electron chi connectivity index (χ0n) is 13.8. The van der Waals surface area contributed by atoms with Crippen molar-refractivity contribution < 1.29 is 4.74 Å². The van der Waals surface area contributed by atoms with Gasteiger partial charge in [0.05, 0.1) is 13.2 Å². The highest BCUT2D eigenvalue weighted by atomic mass is 32.1. The van der Waals surface area contributed by atoms with Crippen LogP contribution in [-0.4, -0.2) is 12.6 Å². The quantitative estimate of drug-likeness (QED) is 0.719. The number of thiophene rings is 1. The van der Waals surface area contributed by atoms with Crippen LogP contribution in [0.5, 0.6) is 0 Å². The third kappa shape index (κ3) is 5.91. The molecule has 0 fully saturated rings. The van der Waals surface area contributed by atoms with Crippen LogP contribution in [0.15, 0.2) is 41.8 Å². The first-order valence-electron chi connectivity index (χ1n) is 8.03. The van der Waals surface area contributed by atoms with E-state index in [9.17, 15) is 0 Å². The molecule has 0 unspecified atom stereocenters. The van der Waals surface area contributed by atoms with E-state index in [-0.39, 0.29) is 0 Å². The largest absolute Gasteiger partial charge is 0.375 e. The highest BCUT2D eigenvalue weighted by Gasteiger charge is 2.12. The molecule has 0 radical (unpaired) electrons. The Morgan fingerprint density at radius 3 is 2.55 bits per heavy atom. The van der Waals surface area contributed by atoms with Gasteiger partial charge in [-0.2, -0.15) is 0 Å². The minimum absolute atomic E-state index is 0.408. The number of hydrogen-bond acceptors (Lipinski definition) is 3. The molecule has 1 N–H and O–H groups in total. The molecule has 0 saturated heterocycles. The van der Waals surface area contributed by atoms with Crippen LogP contribution in [0, 0.1) is 12.8 Å². The normalized spacial score (nSPS) is 12.7. The van der Waals surface area contributed by atoms with E-state index in [2.05, 4.69) is 61.8 Å². The van der Waals surface area contributed by atoms with Gasteiger partial charge in [0.25, 0.3) is 0 Å². The van der Waals surface area contributed by atoms with Crippen molar-refractivity contribution in [3.05, 3.63) is 57.8 Å². The predicted molar refractivity (Wildman–Crippen MR) is 95.2 cm³/mol. The van der Waals surface area contributed by atoms with E-state index in [0.29, 0.717) is 18.6 Å². The van der Waals surface area contributed by atoms with Crippen molar-refractivity contribution in [1.82, 2.24) is 5.32 Å². The summed E-state index contributed by atoms with van der Waals surface area (Å²) in [7, 11) is 0. The molecule has 22 heavy (non-hydrogen) atoms. The molecule has 120 valence electrons. The summed E-state index contributed by atoms with van der Waals surface area (Å²) in [4.78, 5) is 1.43. The molecule has 1 aromatic carbocycles. The van der Waals surface area contributed by atoms with Gasteiger partial charge in [0.2, 0.25) is 0 Å². The molecule has 0 saturated carbocycles. The fourth-order valence-electron chi connectivity index (χ4n) is 2.49. The lowest BCUT2D eigenvalue weighted by atomic mass is 10.0. The van der Waals surface area contributed by atoms with Gasteiger partial charge in [-0.25, -0.2) is 0 Å². The smallest absolute Gasteiger partial charge is 0.0717 e. The Kier molecular flexibility index (Phi) is 7.10. The Labute approximate surface area is 138 Å². The number of benzene rings is 1. The Balaban J connectivity index is 1.79. The molecule has 3 heteroatoms. The summed E-state index contributed by atoms with van der Waals surface area (Å²) in [6.07, 6.45) is 1.14. The Morgan fingerprint density at radius 1 is 1.14 bits per heavy atom. The lowest BCUT2D eigenvalue weighted by molar-refractivity contribution is 0.0923. The van der Waals surface area contributed by atoms with E-state index in [1.54, 1.807) is 0 Å². The van der Waals surface area contributed by atoms with E-state index in [0.717, 1.165) is 19.6 Å². The lowest BCUT2D eigenvalue weighted by Crippen LogP contribution is -2.34. The molecule has 0 aliphatic rings. The zero-order chi connectivity index (χ0) is 15.8. The van der Waals surface area contributed by atoms with E-state index in [1.807, 2.05) is 17.4 Å². The molecular weight excluding hydrogens is 290 g/mol. The van der Waals surface area contributed by atoms with Crippen LogP contribution in [0.3, 0.4) is 0 Å². The van der Waals surface area contributed by atoms with E-state index in [4.69, 9.17) is 4.74 Å². The maximum absolute atomic E-state index is 5.92. The van der Waals surface area contributed by atoms with Crippen molar-refractivity contribution in [2.24, 2.45) is 5.92 Å². The molecule has 1 aromatic heterocycles. The second-order valence-electron chi connectivity index (χ2n) is 6.23. The van der Waals surface area contributed by atoms with Crippen LogP contribution in [0.1, 0.15) is 36.3 Å². The Morgan fingerprint density at radius 2 is 1.91 bits per heavy atom. The van der Waals surface area contributed by atoms with Crippen LogP contribution in [0.2, 0.25) is 0 Å². The first-order chi connectivity index (χ1) is 10.6. The first-order valence-corrected chi connectivity index (χ1v) is 8.91. The maximum atomic E-state index is 5.92. The van der Waals surface area contributed by atoms with Crippen molar-refractivity contribution in [3.8, 4) is 0 Å². The predicted octanol–water partition coefficient (Wildman–Crippen LogP) is 4.78. The van der Waals surface area contributed by atoms with Gasteiger partial charge in [-0.05, 0) is 41.8 Å². The highest BCUT2D eigenvalue weighted by molar-refractivity contribution is 7.10. The highest BCUT2D eigenvalue weighted by Crippen LogP contribution is 2.16. The number of hydrogen-bond donors (Lipinski definition) is 1. The zero-order valence-corrected chi connectivity index (χ0v) is 14.7. The molecule has 0 aliphatic heterocycles. The minimum Gasteiger partial charge on any atom is -0.375 e. The van der Waals surface area contributed by atoms with Crippen LogP contribution < -0.4 is 5.32 Å². The van der Waals surface area contributed by atoms with Gasteiger partial charge in [0.15, 0.2) is 0 Å². The van der Waals surface area contributed by atoms with Gasteiger partial charge in [-0.3, -0.25) is 0 Å². The Bertz CT molecular complexity index is 535. The number of nitrogens with one attached hydrogen (secondary N) is 1. The molecular formula is C19H27NOS. The number of aryl methyl sites for hydroxylation is 1. The van der Waals surface area contributed by atoms with Crippen LogP contribution in [0.25, 0.3) is 0 Å². The average molecular weight is 317 g/mol. The van der Waals surface area contributed by atoms with Gasteiger partial charge < -0.3 is 10.1 Å². The van der Waals surface area contributed by atoms with Gasteiger partial charge in [0.1, 0.15) is 0 Å². The van der Waals surface area contributed by atoms with Crippen molar-refractivity contribution in [3.63, 3.8) is 0 Å². The summed E-state index contributed by atoms with van der Waals surface area (Å²) in [5, 5.41) is 5.83. The van der Waals surface area contributed by atoms with Crippen LogP contribution in [-0.2, 0) is 17.9 Å². The summed E-state index contributed by atoms with van der Waals surface area (Å²) < 4.78 is 5.92. The van der Waals surface area contributed by atoms with Gasteiger partial charge in [-0.15, -0.1) is 11.3 Å². The number of ether oxygens (including phenoxy) is 1. The third-order valence-corrected chi connectivity index (χ3v) is 4.73. The number of rotatable bonds is 9. The van der Waals surface area contributed by atoms with Gasteiger partial charge in [0, 0.05) is 17.5 Å². The standard InChI is InChI=1S/C19H27NOS/c1-15(2)11-18(20-12-19-16(3)9-10-22-19)14-21-13-17-7-5-4-6-8-17/h4-10,15,18,20H,11-14H2,1-3H3/t18-/m0/s1. The maximum Gasteiger partial charge on any atom is 0.0717 e. The fourth-order valence-corrected chi connectivity index (χ4v) is 3.35. The van der Waals surface area contributed by atoms with E-state index < -0.39 is 0 Å². The molecule has 2 rings (SSSR count). The monoisotopic (exact) mass is 317 g/mol. The molecule has 0 amide bonds. The summed E-state index contributed by atoms with van der Waals surface area (Å²) in [6, 6.07) is 13.0. The van der Waals surface area contributed by atoms with Crippen LogP contribution in [0.4, 0.5) is 0 Å². The van der Waals surface area contributed by atoms with Crippen molar-refractivity contribution in [2.45, 2.75) is 46.4 Å². The molecule has 1 heterocycles. The molecule has 0 bridgehead atoms. The van der Waals surface area contributed by atoms with Gasteiger partial charge >= 0.3 is 0 Å².